The molecule has 0 aliphatic rings. The number of ether oxygens (including phenoxy) is 4. The SMILES string of the molecule is CC(CO)(CO)COCCCCCCOc1ccc(-c2ccc(OCCCCCCOCC(C)(CO)CO)cc2)cc1. The number of unbranched alkanes of at least 4 members (excludes halogenated alkanes) is 6. The summed E-state index contributed by atoms with van der Waals surface area (Å²) >= 11 is 0. The van der Waals surface area contributed by atoms with Gasteiger partial charge in [0.25, 0.3) is 0 Å². The standard InChI is InChI=1S/C34H54O8/c1-33(23-35,24-36)27-39-19-7-3-5-9-21-41-31-15-11-29(12-16-31)30-13-17-32(18-14-30)42-22-10-6-4-8-20-40-28-34(2,25-37)26-38/h11-18,35-38H,3-10,19-28H2,1-2H3. The highest BCUT2D eigenvalue weighted by Gasteiger charge is 2.23. The van der Waals surface area contributed by atoms with Gasteiger partial charge in [-0.15, -0.1) is 0 Å². The van der Waals surface area contributed by atoms with Crippen molar-refractivity contribution in [3.8, 4) is 22.6 Å². The number of hydrogen-bond donors (Lipinski definition) is 4. The fourth-order valence-electron chi connectivity index (χ4n) is 4.11. The second kappa shape index (κ2) is 20.7. The van der Waals surface area contributed by atoms with Crippen LogP contribution in [0.1, 0.15) is 65.2 Å². The summed E-state index contributed by atoms with van der Waals surface area (Å²) in [6.07, 6.45) is 8.15. The molecule has 4 N–H and O–H groups in total. The van der Waals surface area contributed by atoms with E-state index in [1.165, 1.54) is 0 Å². The van der Waals surface area contributed by atoms with Gasteiger partial charge in [-0.05, 0) is 73.9 Å². The highest BCUT2D eigenvalue weighted by molar-refractivity contribution is 5.64. The fourth-order valence-corrected chi connectivity index (χ4v) is 4.11. The van der Waals surface area contributed by atoms with Crippen LogP contribution in [0.25, 0.3) is 11.1 Å². The van der Waals surface area contributed by atoms with Gasteiger partial charge in [-0.25, -0.2) is 0 Å². The monoisotopic (exact) mass is 590 g/mol. The molecule has 0 spiro atoms. The topological polar surface area (TPSA) is 118 Å². The molecule has 0 saturated carbocycles. The van der Waals surface area contributed by atoms with Crippen molar-refractivity contribution in [2.75, 3.05) is 66.1 Å². The van der Waals surface area contributed by atoms with Crippen LogP contribution in [0.3, 0.4) is 0 Å². The van der Waals surface area contributed by atoms with E-state index in [-0.39, 0.29) is 26.4 Å². The zero-order valence-electron chi connectivity index (χ0n) is 25.8. The zero-order chi connectivity index (χ0) is 30.5. The fraction of sp³-hybridized carbons (Fsp3) is 0.647. The molecular weight excluding hydrogens is 536 g/mol. The summed E-state index contributed by atoms with van der Waals surface area (Å²) < 4.78 is 23.0. The van der Waals surface area contributed by atoms with Gasteiger partial charge in [-0.2, -0.15) is 0 Å². The molecule has 0 fully saturated rings. The molecule has 8 nitrogen and oxygen atoms in total. The average molecular weight is 591 g/mol. The highest BCUT2D eigenvalue weighted by atomic mass is 16.5. The Bertz CT molecular complexity index is 846. The molecule has 0 aliphatic carbocycles. The zero-order valence-corrected chi connectivity index (χ0v) is 25.8. The number of benzene rings is 2. The Labute approximate surface area is 252 Å². The van der Waals surface area contributed by atoms with Gasteiger partial charge in [0, 0.05) is 24.0 Å². The van der Waals surface area contributed by atoms with E-state index in [0.717, 1.165) is 74.0 Å². The van der Waals surface area contributed by atoms with Crippen molar-refractivity contribution < 1.29 is 39.4 Å². The predicted molar refractivity (Wildman–Crippen MR) is 166 cm³/mol. The van der Waals surface area contributed by atoms with Gasteiger partial charge in [0.1, 0.15) is 11.5 Å². The normalized spacial score (nSPS) is 12.0. The Hall–Kier alpha value is -2.20. The number of aliphatic hydroxyl groups is 4. The van der Waals surface area contributed by atoms with Crippen molar-refractivity contribution in [2.45, 2.75) is 65.2 Å². The Balaban J connectivity index is 1.53. The van der Waals surface area contributed by atoms with E-state index < -0.39 is 10.8 Å². The third kappa shape index (κ3) is 14.3. The summed E-state index contributed by atoms with van der Waals surface area (Å²) in [7, 11) is 0. The molecule has 238 valence electrons. The van der Waals surface area contributed by atoms with Crippen LogP contribution in [0.15, 0.2) is 48.5 Å². The molecule has 0 atom stereocenters. The van der Waals surface area contributed by atoms with E-state index >= 15 is 0 Å². The van der Waals surface area contributed by atoms with E-state index in [1.54, 1.807) is 0 Å². The first-order valence-electron chi connectivity index (χ1n) is 15.4. The summed E-state index contributed by atoms with van der Waals surface area (Å²) in [5.74, 6) is 1.74. The van der Waals surface area contributed by atoms with Crippen LogP contribution in [-0.2, 0) is 9.47 Å². The van der Waals surface area contributed by atoms with Crippen molar-refractivity contribution in [2.24, 2.45) is 10.8 Å². The van der Waals surface area contributed by atoms with Gasteiger partial charge in [-0.3, -0.25) is 0 Å². The largest absolute Gasteiger partial charge is 0.494 e. The van der Waals surface area contributed by atoms with E-state index in [0.29, 0.717) is 39.6 Å². The minimum Gasteiger partial charge on any atom is -0.494 e. The minimum absolute atomic E-state index is 0.0788. The van der Waals surface area contributed by atoms with Crippen molar-refractivity contribution in [1.29, 1.82) is 0 Å². The maximum Gasteiger partial charge on any atom is 0.119 e. The second-order valence-electron chi connectivity index (χ2n) is 11.9. The lowest BCUT2D eigenvalue weighted by Gasteiger charge is -2.24. The van der Waals surface area contributed by atoms with E-state index in [2.05, 4.69) is 24.3 Å². The molecule has 2 aromatic rings. The lowest BCUT2D eigenvalue weighted by molar-refractivity contribution is -0.0171. The molecule has 8 heteroatoms. The van der Waals surface area contributed by atoms with E-state index in [9.17, 15) is 20.4 Å². The Morgan fingerprint density at radius 2 is 0.762 bits per heavy atom. The number of hydrogen-bond acceptors (Lipinski definition) is 8. The van der Waals surface area contributed by atoms with E-state index in [1.807, 2.05) is 38.1 Å². The second-order valence-corrected chi connectivity index (χ2v) is 11.9. The van der Waals surface area contributed by atoms with Crippen LogP contribution >= 0.6 is 0 Å². The van der Waals surface area contributed by atoms with Gasteiger partial charge in [0.2, 0.25) is 0 Å². The van der Waals surface area contributed by atoms with E-state index in [4.69, 9.17) is 18.9 Å². The third-order valence-electron chi connectivity index (χ3n) is 7.37. The molecule has 0 heterocycles. The van der Waals surface area contributed by atoms with Crippen LogP contribution < -0.4 is 9.47 Å². The van der Waals surface area contributed by atoms with Gasteiger partial charge in [0.05, 0.1) is 52.9 Å². The van der Waals surface area contributed by atoms with Crippen molar-refractivity contribution >= 4 is 0 Å². The van der Waals surface area contributed by atoms with Gasteiger partial charge in [0.15, 0.2) is 0 Å². The molecule has 42 heavy (non-hydrogen) atoms. The molecule has 0 saturated heterocycles. The lowest BCUT2D eigenvalue weighted by Crippen LogP contribution is -2.31. The van der Waals surface area contributed by atoms with Crippen LogP contribution in [0.5, 0.6) is 11.5 Å². The quantitative estimate of drug-likeness (QED) is 0.116. The van der Waals surface area contributed by atoms with Crippen molar-refractivity contribution in [3.63, 3.8) is 0 Å². The molecular formula is C34H54O8. The number of aliphatic hydroxyl groups excluding tert-OH is 4. The molecule has 2 aromatic carbocycles. The molecule has 0 amide bonds. The van der Waals surface area contributed by atoms with Crippen LogP contribution in [-0.4, -0.2) is 86.5 Å². The van der Waals surface area contributed by atoms with Gasteiger partial charge < -0.3 is 39.4 Å². The average Bonchev–Trinajstić information content (AvgIpc) is 3.03. The Kier molecular flexibility index (Phi) is 17.7. The van der Waals surface area contributed by atoms with Gasteiger partial charge >= 0.3 is 0 Å². The minimum atomic E-state index is -0.562. The summed E-state index contributed by atoms with van der Waals surface area (Å²) in [6, 6.07) is 16.3. The molecule has 0 aromatic heterocycles. The third-order valence-corrected chi connectivity index (χ3v) is 7.37. The van der Waals surface area contributed by atoms with Crippen molar-refractivity contribution in [3.05, 3.63) is 48.5 Å². The maximum atomic E-state index is 9.28. The van der Waals surface area contributed by atoms with Crippen molar-refractivity contribution in [1.82, 2.24) is 0 Å². The first kappa shape index (κ1) is 36.0. The summed E-state index contributed by atoms with van der Waals surface area (Å²) in [4.78, 5) is 0. The molecule has 0 bridgehead atoms. The van der Waals surface area contributed by atoms with Crippen LogP contribution in [0.2, 0.25) is 0 Å². The highest BCUT2D eigenvalue weighted by Crippen LogP contribution is 2.25. The molecule has 0 aliphatic heterocycles. The predicted octanol–water partition coefficient (Wildman–Crippen LogP) is 5.25. The van der Waals surface area contributed by atoms with Crippen LogP contribution in [0.4, 0.5) is 0 Å². The Morgan fingerprint density at radius 3 is 1.07 bits per heavy atom. The summed E-state index contributed by atoms with van der Waals surface area (Å²) in [5, 5.41) is 37.1. The maximum absolute atomic E-state index is 9.28. The summed E-state index contributed by atoms with van der Waals surface area (Å²) in [5.41, 5.74) is 1.14. The lowest BCUT2D eigenvalue weighted by atomic mass is 9.94. The van der Waals surface area contributed by atoms with Crippen LogP contribution in [0, 0.1) is 10.8 Å². The number of rotatable bonds is 25. The first-order chi connectivity index (χ1) is 20.4. The smallest absolute Gasteiger partial charge is 0.119 e. The molecule has 0 radical (unpaired) electrons. The molecule has 0 unspecified atom stereocenters. The summed E-state index contributed by atoms with van der Waals surface area (Å²) in [6.45, 7) is 6.70. The van der Waals surface area contributed by atoms with Gasteiger partial charge in [-0.1, -0.05) is 51.0 Å². The first-order valence-corrected chi connectivity index (χ1v) is 15.4. The molecule has 2 rings (SSSR count). The Morgan fingerprint density at radius 1 is 0.452 bits per heavy atom.